The quantitative estimate of drug-likeness (QED) is 0.528. The van der Waals surface area contributed by atoms with Crippen molar-refractivity contribution in [2.45, 2.75) is 0 Å². The summed E-state index contributed by atoms with van der Waals surface area (Å²) < 4.78 is 4.99. The van der Waals surface area contributed by atoms with E-state index in [2.05, 4.69) is 0 Å². The molecule has 0 aromatic heterocycles. The Hall–Kier alpha value is -1.30. The number of hydrogen-bond donors (Lipinski definition) is 2. The van der Waals surface area contributed by atoms with E-state index in [0.29, 0.717) is 26.3 Å². The number of nitrogens with one attached hydrogen (secondary N) is 1. The normalized spacial score (nSPS) is 17.2. The zero-order chi connectivity index (χ0) is 8.97. The fourth-order valence-electron chi connectivity index (χ4n) is 0.937. The van der Waals surface area contributed by atoms with Gasteiger partial charge in [-0.3, -0.25) is 0 Å². The molecule has 2 N–H and O–H groups in total. The zero-order valence-electron chi connectivity index (χ0n) is 6.45. The maximum Gasteiger partial charge on any atom is 0.412 e. The molecule has 12 heavy (non-hydrogen) atoms. The summed E-state index contributed by atoms with van der Waals surface area (Å²) in [5.41, 5.74) is 0. The van der Waals surface area contributed by atoms with Crippen LogP contribution in [0.4, 0.5) is 9.59 Å². The number of urea groups is 1. The van der Waals surface area contributed by atoms with E-state index in [1.807, 2.05) is 0 Å². The third-order valence-electron chi connectivity index (χ3n) is 1.51. The van der Waals surface area contributed by atoms with E-state index < -0.39 is 12.1 Å². The Kier molecular flexibility index (Phi) is 2.87. The maximum atomic E-state index is 11.0. The third kappa shape index (κ3) is 2.39. The minimum Gasteiger partial charge on any atom is -0.465 e. The highest BCUT2D eigenvalue weighted by molar-refractivity contribution is 5.89. The summed E-state index contributed by atoms with van der Waals surface area (Å²) in [6.45, 7) is 1.82. The highest BCUT2D eigenvalue weighted by Gasteiger charge is 2.17. The first-order valence-electron chi connectivity index (χ1n) is 3.57. The van der Waals surface area contributed by atoms with Gasteiger partial charge in [-0.05, 0) is 0 Å². The maximum absolute atomic E-state index is 11.0. The van der Waals surface area contributed by atoms with Crippen LogP contribution in [0.2, 0.25) is 0 Å². The second kappa shape index (κ2) is 3.91. The summed E-state index contributed by atoms with van der Waals surface area (Å²) in [6.07, 6.45) is -1.33. The fourth-order valence-corrected chi connectivity index (χ4v) is 0.937. The molecule has 1 aliphatic rings. The molecule has 3 amide bonds. The molecule has 6 nitrogen and oxygen atoms in total. The van der Waals surface area contributed by atoms with Crippen LogP contribution in [-0.2, 0) is 4.74 Å². The molecular weight excluding hydrogens is 164 g/mol. The van der Waals surface area contributed by atoms with Crippen molar-refractivity contribution in [3.63, 3.8) is 0 Å². The molecule has 0 spiro atoms. The molecule has 6 heteroatoms. The Morgan fingerprint density at radius 1 is 1.33 bits per heavy atom. The Labute approximate surface area is 69.1 Å². The molecule has 0 saturated carbocycles. The van der Waals surface area contributed by atoms with Gasteiger partial charge >= 0.3 is 12.1 Å². The molecule has 0 bridgehead atoms. The number of imide groups is 1. The standard InChI is InChI=1S/C6H10N2O4/c9-5(7-6(10)11)8-1-3-12-4-2-8/h1-4H2,(H,7,9)(H,10,11). The van der Waals surface area contributed by atoms with E-state index in [0.717, 1.165) is 0 Å². The predicted octanol–water partition coefficient (Wildman–Crippen LogP) is -0.294. The van der Waals surface area contributed by atoms with Crippen molar-refractivity contribution in [2.75, 3.05) is 26.3 Å². The van der Waals surface area contributed by atoms with Crippen LogP contribution in [0.25, 0.3) is 0 Å². The predicted molar refractivity (Wildman–Crippen MR) is 38.9 cm³/mol. The Balaban J connectivity index is 2.34. The van der Waals surface area contributed by atoms with Crippen molar-refractivity contribution < 1.29 is 19.4 Å². The van der Waals surface area contributed by atoms with Gasteiger partial charge in [-0.15, -0.1) is 0 Å². The van der Waals surface area contributed by atoms with Gasteiger partial charge in [-0.2, -0.15) is 0 Å². The first-order chi connectivity index (χ1) is 5.70. The molecule has 0 unspecified atom stereocenters. The summed E-state index contributed by atoms with van der Waals surface area (Å²) in [5, 5.41) is 9.99. The molecule has 1 fully saturated rings. The molecule has 1 heterocycles. The van der Waals surface area contributed by atoms with Crippen LogP contribution in [-0.4, -0.2) is 48.4 Å². The highest BCUT2D eigenvalue weighted by atomic mass is 16.5. The number of nitrogens with zero attached hydrogens (tertiary/aromatic N) is 1. The van der Waals surface area contributed by atoms with Crippen LogP contribution in [0.1, 0.15) is 0 Å². The minimum atomic E-state index is -1.33. The Morgan fingerprint density at radius 2 is 1.92 bits per heavy atom. The van der Waals surface area contributed by atoms with Crippen molar-refractivity contribution in [3.05, 3.63) is 0 Å². The molecule has 0 atom stereocenters. The number of ether oxygens (including phenoxy) is 1. The zero-order valence-corrected chi connectivity index (χ0v) is 6.45. The van der Waals surface area contributed by atoms with Gasteiger partial charge in [0.15, 0.2) is 0 Å². The molecule has 1 rings (SSSR count). The van der Waals surface area contributed by atoms with Gasteiger partial charge in [0, 0.05) is 13.1 Å². The number of carbonyl (C=O) groups excluding carboxylic acids is 1. The smallest absolute Gasteiger partial charge is 0.412 e. The second-order valence-electron chi connectivity index (χ2n) is 2.33. The van der Waals surface area contributed by atoms with E-state index in [1.54, 1.807) is 5.32 Å². The van der Waals surface area contributed by atoms with Crippen LogP contribution >= 0.6 is 0 Å². The molecule has 0 aliphatic carbocycles. The van der Waals surface area contributed by atoms with Crippen LogP contribution in [0.3, 0.4) is 0 Å². The Morgan fingerprint density at radius 3 is 2.42 bits per heavy atom. The lowest BCUT2D eigenvalue weighted by atomic mass is 10.4. The largest absolute Gasteiger partial charge is 0.465 e. The van der Waals surface area contributed by atoms with Gasteiger partial charge in [0.2, 0.25) is 0 Å². The summed E-state index contributed by atoms with van der Waals surface area (Å²) >= 11 is 0. The summed E-state index contributed by atoms with van der Waals surface area (Å²) in [5.74, 6) is 0. The molecule has 1 aliphatic heterocycles. The number of morpholine rings is 1. The minimum absolute atomic E-state index is 0.444. The molecular formula is C6H10N2O4. The molecule has 0 aromatic rings. The lowest BCUT2D eigenvalue weighted by Crippen LogP contribution is -2.47. The van der Waals surface area contributed by atoms with Crippen LogP contribution < -0.4 is 5.32 Å². The van der Waals surface area contributed by atoms with Crippen molar-refractivity contribution in [1.82, 2.24) is 10.2 Å². The molecule has 0 aromatic carbocycles. The average Bonchev–Trinajstić information content (AvgIpc) is 2.05. The summed E-state index contributed by atoms with van der Waals surface area (Å²) in [6, 6.07) is -0.578. The number of carbonyl (C=O) groups is 2. The van der Waals surface area contributed by atoms with E-state index >= 15 is 0 Å². The number of carboxylic acid groups (broad SMARTS) is 1. The first kappa shape index (κ1) is 8.79. The molecule has 0 radical (unpaired) electrons. The summed E-state index contributed by atoms with van der Waals surface area (Å²) in [7, 11) is 0. The topological polar surface area (TPSA) is 78.9 Å². The van der Waals surface area contributed by atoms with E-state index in [1.165, 1.54) is 4.90 Å². The van der Waals surface area contributed by atoms with E-state index in [4.69, 9.17) is 9.84 Å². The van der Waals surface area contributed by atoms with Gasteiger partial charge in [0.25, 0.3) is 0 Å². The van der Waals surface area contributed by atoms with Crippen LogP contribution in [0.5, 0.6) is 0 Å². The van der Waals surface area contributed by atoms with Gasteiger partial charge in [-0.25, -0.2) is 14.9 Å². The Bertz CT molecular complexity index is 188. The van der Waals surface area contributed by atoms with Crippen LogP contribution in [0, 0.1) is 0 Å². The number of amides is 3. The average molecular weight is 174 g/mol. The monoisotopic (exact) mass is 174 g/mol. The van der Waals surface area contributed by atoms with Gasteiger partial charge < -0.3 is 14.7 Å². The van der Waals surface area contributed by atoms with Crippen LogP contribution in [0.15, 0.2) is 0 Å². The first-order valence-corrected chi connectivity index (χ1v) is 3.57. The van der Waals surface area contributed by atoms with E-state index in [-0.39, 0.29) is 0 Å². The van der Waals surface area contributed by atoms with Crippen molar-refractivity contribution in [3.8, 4) is 0 Å². The fraction of sp³-hybridized carbons (Fsp3) is 0.667. The van der Waals surface area contributed by atoms with Gasteiger partial charge in [0.1, 0.15) is 0 Å². The summed E-state index contributed by atoms with van der Waals surface area (Å²) in [4.78, 5) is 22.4. The molecule has 68 valence electrons. The SMILES string of the molecule is O=C(O)NC(=O)N1CCOCC1. The van der Waals surface area contributed by atoms with E-state index in [9.17, 15) is 9.59 Å². The number of hydrogen-bond acceptors (Lipinski definition) is 3. The third-order valence-corrected chi connectivity index (χ3v) is 1.51. The lowest BCUT2D eigenvalue weighted by Gasteiger charge is -2.25. The van der Waals surface area contributed by atoms with Crippen molar-refractivity contribution >= 4 is 12.1 Å². The van der Waals surface area contributed by atoms with Crippen molar-refractivity contribution in [1.29, 1.82) is 0 Å². The number of rotatable bonds is 0. The lowest BCUT2D eigenvalue weighted by molar-refractivity contribution is 0.0532. The highest BCUT2D eigenvalue weighted by Crippen LogP contribution is 1.96. The van der Waals surface area contributed by atoms with Crippen molar-refractivity contribution in [2.24, 2.45) is 0 Å². The van der Waals surface area contributed by atoms with Gasteiger partial charge in [-0.1, -0.05) is 0 Å². The molecule has 1 saturated heterocycles. The second-order valence-corrected chi connectivity index (χ2v) is 2.33. The van der Waals surface area contributed by atoms with Gasteiger partial charge in [0.05, 0.1) is 13.2 Å².